The summed E-state index contributed by atoms with van der Waals surface area (Å²) in [5, 5.41) is 6.85. The molecule has 0 heterocycles. The highest BCUT2D eigenvalue weighted by Crippen LogP contribution is 2.08. The first-order valence-corrected chi connectivity index (χ1v) is 5.26. The van der Waals surface area contributed by atoms with Gasteiger partial charge in [0.15, 0.2) is 5.96 Å². The molecule has 0 aliphatic carbocycles. The Hall–Kier alpha value is -0.930. The molecular formula is C12H15ClIN3. The lowest BCUT2D eigenvalue weighted by molar-refractivity contribution is 0.851. The quantitative estimate of drug-likeness (QED) is 0.374. The fourth-order valence-corrected chi connectivity index (χ4v) is 1.27. The Morgan fingerprint density at radius 3 is 2.53 bits per heavy atom. The van der Waals surface area contributed by atoms with Crippen LogP contribution in [-0.4, -0.2) is 19.6 Å². The van der Waals surface area contributed by atoms with Crippen molar-refractivity contribution in [2.45, 2.75) is 6.54 Å². The third-order valence-electron chi connectivity index (χ3n) is 1.95. The summed E-state index contributed by atoms with van der Waals surface area (Å²) in [5.41, 5.74) is 1.13. The molecule has 0 aliphatic rings. The summed E-state index contributed by atoms with van der Waals surface area (Å²) in [6, 6.07) is 7.64. The van der Waals surface area contributed by atoms with E-state index >= 15 is 0 Å². The summed E-state index contributed by atoms with van der Waals surface area (Å²) in [7, 11) is 1.70. The molecule has 0 aromatic heterocycles. The molecule has 1 aromatic rings. The first kappa shape index (κ1) is 16.1. The van der Waals surface area contributed by atoms with Crippen LogP contribution in [0, 0.1) is 12.3 Å². The maximum atomic E-state index is 5.79. The second-order valence-electron chi connectivity index (χ2n) is 3.11. The summed E-state index contributed by atoms with van der Waals surface area (Å²) < 4.78 is 0. The maximum absolute atomic E-state index is 5.79. The molecule has 0 atom stereocenters. The number of halogens is 2. The predicted molar refractivity (Wildman–Crippen MR) is 83.9 cm³/mol. The van der Waals surface area contributed by atoms with Crippen LogP contribution in [0.3, 0.4) is 0 Å². The van der Waals surface area contributed by atoms with Crippen LogP contribution >= 0.6 is 35.6 Å². The van der Waals surface area contributed by atoms with Crippen molar-refractivity contribution in [3.8, 4) is 12.3 Å². The number of hydrogen-bond donors (Lipinski definition) is 2. The van der Waals surface area contributed by atoms with E-state index in [2.05, 4.69) is 21.5 Å². The van der Waals surface area contributed by atoms with Crippen molar-refractivity contribution < 1.29 is 0 Å². The highest BCUT2D eigenvalue weighted by molar-refractivity contribution is 14.0. The first-order valence-electron chi connectivity index (χ1n) is 4.88. The van der Waals surface area contributed by atoms with Gasteiger partial charge >= 0.3 is 0 Å². The van der Waals surface area contributed by atoms with Gasteiger partial charge in [0.1, 0.15) is 0 Å². The lowest BCUT2D eigenvalue weighted by Crippen LogP contribution is -2.36. The average Bonchev–Trinajstić information content (AvgIpc) is 2.32. The second-order valence-corrected chi connectivity index (χ2v) is 3.55. The van der Waals surface area contributed by atoms with E-state index in [0.29, 0.717) is 19.0 Å². The molecule has 0 bridgehead atoms. The minimum atomic E-state index is 0. The zero-order chi connectivity index (χ0) is 11.8. The standard InChI is InChI=1S/C12H14ClN3.HI/c1-3-8-15-12(14-2)16-9-10-4-6-11(13)7-5-10;/h1,4-7H,8-9H2,2H3,(H2,14,15,16);1H. The van der Waals surface area contributed by atoms with Crippen molar-refractivity contribution in [2.75, 3.05) is 13.6 Å². The molecule has 0 spiro atoms. The zero-order valence-electron chi connectivity index (χ0n) is 9.53. The zero-order valence-corrected chi connectivity index (χ0v) is 12.6. The molecule has 0 amide bonds. The van der Waals surface area contributed by atoms with Crippen LogP contribution in [0.25, 0.3) is 0 Å². The highest BCUT2D eigenvalue weighted by Gasteiger charge is 1.96. The first-order chi connectivity index (χ1) is 7.76. The van der Waals surface area contributed by atoms with Crippen molar-refractivity contribution in [3.05, 3.63) is 34.9 Å². The Morgan fingerprint density at radius 2 is 2.00 bits per heavy atom. The van der Waals surface area contributed by atoms with E-state index in [1.807, 2.05) is 24.3 Å². The summed E-state index contributed by atoms with van der Waals surface area (Å²) in [4.78, 5) is 4.03. The van der Waals surface area contributed by atoms with Crippen molar-refractivity contribution in [1.82, 2.24) is 10.6 Å². The highest BCUT2D eigenvalue weighted by atomic mass is 127. The van der Waals surface area contributed by atoms with E-state index in [-0.39, 0.29) is 24.0 Å². The summed E-state index contributed by atoms with van der Waals surface area (Å²) in [6.07, 6.45) is 5.15. The monoisotopic (exact) mass is 363 g/mol. The number of rotatable bonds is 3. The second kappa shape index (κ2) is 9.14. The summed E-state index contributed by atoms with van der Waals surface area (Å²) in [5.74, 6) is 3.18. The Morgan fingerprint density at radius 1 is 1.35 bits per heavy atom. The molecule has 0 radical (unpaired) electrons. The van der Waals surface area contributed by atoms with E-state index in [9.17, 15) is 0 Å². The van der Waals surface area contributed by atoms with E-state index in [0.717, 1.165) is 10.6 Å². The van der Waals surface area contributed by atoms with E-state index in [1.165, 1.54) is 0 Å². The summed E-state index contributed by atoms with van der Waals surface area (Å²) in [6.45, 7) is 1.14. The minimum Gasteiger partial charge on any atom is -0.352 e. The number of nitrogens with zero attached hydrogens (tertiary/aromatic N) is 1. The fraction of sp³-hybridized carbons (Fsp3) is 0.250. The van der Waals surface area contributed by atoms with Crippen molar-refractivity contribution in [1.29, 1.82) is 0 Å². The lowest BCUT2D eigenvalue weighted by Gasteiger charge is -2.09. The fourth-order valence-electron chi connectivity index (χ4n) is 1.14. The molecule has 1 rings (SSSR count). The van der Waals surface area contributed by atoms with Gasteiger partial charge in [-0.25, -0.2) is 0 Å². The molecule has 0 aliphatic heterocycles. The molecule has 0 unspecified atom stereocenters. The average molecular weight is 364 g/mol. The molecule has 17 heavy (non-hydrogen) atoms. The van der Waals surface area contributed by atoms with Crippen LogP contribution in [0.2, 0.25) is 5.02 Å². The van der Waals surface area contributed by atoms with Crippen LogP contribution < -0.4 is 10.6 Å². The van der Waals surface area contributed by atoms with Crippen LogP contribution in [0.1, 0.15) is 5.56 Å². The maximum Gasteiger partial charge on any atom is 0.192 e. The van der Waals surface area contributed by atoms with E-state index in [4.69, 9.17) is 18.0 Å². The van der Waals surface area contributed by atoms with Gasteiger partial charge in [0.05, 0.1) is 6.54 Å². The number of hydrogen-bond acceptors (Lipinski definition) is 1. The van der Waals surface area contributed by atoms with Gasteiger partial charge < -0.3 is 10.6 Å². The lowest BCUT2D eigenvalue weighted by atomic mass is 10.2. The van der Waals surface area contributed by atoms with Gasteiger partial charge in [0.25, 0.3) is 0 Å². The molecule has 3 nitrogen and oxygen atoms in total. The van der Waals surface area contributed by atoms with Crippen LogP contribution in [0.4, 0.5) is 0 Å². The van der Waals surface area contributed by atoms with Gasteiger partial charge in [-0.2, -0.15) is 0 Å². The van der Waals surface area contributed by atoms with Gasteiger partial charge in [0, 0.05) is 18.6 Å². The predicted octanol–water partition coefficient (Wildman–Crippen LogP) is 2.26. The largest absolute Gasteiger partial charge is 0.352 e. The van der Waals surface area contributed by atoms with Crippen molar-refractivity contribution in [2.24, 2.45) is 4.99 Å². The minimum absolute atomic E-state index is 0. The molecule has 2 N–H and O–H groups in total. The molecular weight excluding hydrogens is 349 g/mol. The van der Waals surface area contributed by atoms with Crippen LogP contribution in [0.5, 0.6) is 0 Å². The molecule has 0 fully saturated rings. The van der Waals surface area contributed by atoms with Crippen molar-refractivity contribution in [3.63, 3.8) is 0 Å². The number of benzene rings is 1. The van der Waals surface area contributed by atoms with E-state index in [1.54, 1.807) is 7.05 Å². The number of nitrogens with one attached hydrogen (secondary N) is 2. The van der Waals surface area contributed by atoms with Gasteiger partial charge in [-0.1, -0.05) is 29.7 Å². The Bertz CT molecular complexity index is 395. The third-order valence-corrected chi connectivity index (χ3v) is 2.21. The normalized spacial score (nSPS) is 10.1. The Balaban J connectivity index is 0.00000256. The van der Waals surface area contributed by atoms with Crippen molar-refractivity contribution >= 4 is 41.5 Å². The molecule has 92 valence electrons. The van der Waals surface area contributed by atoms with Gasteiger partial charge in [-0.05, 0) is 17.7 Å². The van der Waals surface area contributed by atoms with Gasteiger partial charge in [-0.3, -0.25) is 4.99 Å². The molecule has 5 heteroatoms. The molecule has 1 aromatic carbocycles. The smallest absolute Gasteiger partial charge is 0.192 e. The third kappa shape index (κ3) is 6.39. The Labute approximate surface area is 124 Å². The Kier molecular flexibility index (Phi) is 8.64. The van der Waals surface area contributed by atoms with Crippen LogP contribution in [0.15, 0.2) is 29.3 Å². The van der Waals surface area contributed by atoms with Gasteiger partial charge in [-0.15, -0.1) is 30.4 Å². The number of guanidine groups is 1. The van der Waals surface area contributed by atoms with E-state index < -0.39 is 0 Å². The SMILES string of the molecule is C#CCNC(=NC)NCc1ccc(Cl)cc1.I. The molecule has 0 saturated heterocycles. The number of terminal acetylenes is 1. The number of aliphatic imine (C=N–C) groups is 1. The molecule has 0 saturated carbocycles. The summed E-state index contributed by atoms with van der Waals surface area (Å²) >= 11 is 5.79. The van der Waals surface area contributed by atoms with Crippen LogP contribution in [-0.2, 0) is 6.54 Å². The van der Waals surface area contributed by atoms with Gasteiger partial charge in [0.2, 0.25) is 0 Å². The topological polar surface area (TPSA) is 36.4 Å².